The molecule has 168 valence electrons. The van der Waals surface area contributed by atoms with Gasteiger partial charge in [0.15, 0.2) is 0 Å². The Morgan fingerprint density at radius 2 is 1.67 bits per heavy atom. The minimum absolute atomic E-state index is 0.132. The van der Waals surface area contributed by atoms with E-state index in [-0.39, 0.29) is 36.7 Å². The molecule has 5 nitrogen and oxygen atoms in total. The molecule has 3 aromatic carbocycles. The van der Waals surface area contributed by atoms with Crippen molar-refractivity contribution in [1.29, 1.82) is 0 Å². The van der Waals surface area contributed by atoms with Crippen molar-refractivity contribution in [3.63, 3.8) is 0 Å². The van der Waals surface area contributed by atoms with E-state index in [1.54, 1.807) is 54.6 Å². The molecule has 0 bridgehead atoms. The lowest BCUT2D eigenvalue weighted by atomic mass is 10.1. The highest BCUT2D eigenvalue weighted by Gasteiger charge is 2.35. The number of ether oxygens (including phenoxy) is 2. The van der Waals surface area contributed by atoms with Gasteiger partial charge in [-0.05, 0) is 65.9 Å². The minimum atomic E-state index is -0.377. The summed E-state index contributed by atoms with van der Waals surface area (Å²) in [7, 11) is 0. The molecule has 33 heavy (non-hydrogen) atoms. The van der Waals surface area contributed by atoms with Gasteiger partial charge in [-0.3, -0.25) is 14.5 Å². The van der Waals surface area contributed by atoms with Gasteiger partial charge in [0.05, 0.1) is 11.4 Å². The molecule has 0 unspecified atom stereocenters. The first-order chi connectivity index (χ1) is 16.0. The van der Waals surface area contributed by atoms with Gasteiger partial charge in [-0.25, -0.2) is 4.39 Å². The summed E-state index contributed by atoms with van der Waals surface area (Å²) in [6, 6.07) is 20.1. The van der Waals surface area contributed by atoms with Crippen molar-refractivity contribution in [2.75, 3.05) is 13.2 Å². The molecule has 2 amide bonds. The smallest absolute Gasteiger partial charge is 0.293 e. The van der Waals surface area contributed by atoms with Crippen molar-refractivity contribution in [2.24, 2.45) is 0 Å². The maximum atomic E-state index is 13.1. The predicted octanol–water partition coefficient (Wildman–Crippen LogP) is 6.17. The molecule has 0 spiro atoms. The summed E-state index contributed by atoms with van der Waals surface area (Å²) in [6.07, 6.45) is 1.64. The third-order valence-corrected chi connectivity index (χ3v) is 5.94. The van der Waals surface area contributed by atoms with E-state index >= 15 is 0 Å². The Kier molecular flexibility index (Phi) is 7.32. The van der Waals surface area contributed by atoms with Crippen LogP contribution < -0.4 is 9.47 Å². The number of halogens is 2. The number of thioether (sulfide) groups is 1. The zero-order chi connectivity index (χ0) is 23.2. The maximum absolute atomic E-state index is 13.1. The number of amides is 2. The van der Waals surface area contributed by atoms with E-state index in [0.29, 0.717) is 27.0 Å². The molecule has 0 saturated carbocycles. The van der Waals surface area contributed by atoms with Crippen LogP contribution in [-0.4, -0.2) is 29.2 Å². The second kappa shape index (κ2) is 10.6. The zero-order valence-corrected chi connectivity index (χ0v) is 18.9. The van der Waals surface area contributed by atoms with Crippen LogP contribution in [0.5, 0.6) is 11.5 Å². The topological polar surface area (TPSA) is 55.8 Å². The summed E-state index contributed by atoms with van der Waals surface area (Å²) in [5.74, 6) is 0.473. The van der Waals surface area contributed by atoms with Crippen LogP contribution in [0.15, 0.2) is 77.7 Å². The van der Waals surface area contributed by atoms with E-state index < -0.39 is 0 Å². The van der Waals surface area contributed by atoms with Crippen molar-refractivity contribution in [1.82, 2.24) is 4.90 Å². The van der Waals surface area contributed by atoms with Crippen LogP contribution in [0.1, 0.15) is 11.1 Å². The van der Waals surface area contributed by atoms with Crippen LogP contribution >= 0.6 is 23.4 Å². The monoisotopic (exact) mass is 483 g/mol. The molecule has 8 heteroatoms. The molecule has 1 aliphatic heterocycles. The fourth-order valence-corrected chi connectivity index (χ4v) is 4.07. The second-order valence-corrected chi connectivity index (χ2v) is 8.52. The molecular weight excluding hydrogens is 465 g/mol. The molecule has 1 fully saturated rings. The van der Waals surface area contributed by atoms with E-state index in [1.807, 2.05) is 12.1 Å². The van der Waals surface area contributed by atoms with Crippen molar-refractivity contribution in [3.05, 3.63) is 99.7 Å². The Morgan fingerprint density at radius 3 is 2.42 bits per heavy atom. The van der Waals surface area contributed by atoms with Gasteiger partial charge in [0.1, 0.15) is 30.5 Å². The van der Waals surface area contributed by atoms with Crippen LogP contribution in [0.3, 0.4) is 0 Å². The summed E-state index contributed by atoms with van der Waals surface area (Å²) in [4.78, 5) is 26.7. The average Bonchev–Trinajstić information content (AvgIpc) is 3.08. The van der Waals surface area contributed by atoms with Crippen LogP contribution in [0.2, 0.25) is 5.02 Å². The Balaban J connectivity index is 1.40. The number of benzene rings is 3. The largest absolute Gasteiger partial charge is 0.492 e. The third-order valence-electron chi connectivity index (χ3n) is 4.78. The second-order valence-electron chi connectivity index (χ2n) is 7.09. The average molecular weight is 484 g/mol. The summed E-state index contributed by atoms with van der Waals surface area (Å²) < 4.78 is 24.6. The normalized spacial score (nSPS) is 14.7. The summed E-state index contributed by atoms with van der Waals surface area (Å²) in [5.41, 5.74) is 1.48. The van der Waals surface area contributed by atoms with Gasteiger partial charge < -0.3 is 9.47 Å². The Bertz CT molecular complexity index is 1180. The molecule has 0 N–H and O–H groups in total. The van der Waals surface area contributed by atoms with E-state index in [4.69, 9.17) is 21.1 Å². The molecule has 1 heterocycles. The SMILES string of the molecule is O=C1S/C(=C\c2ccccc2OCc2ccc(F)cc2)C(=O)N1CCOc1ccc(Cl)cc1. The number of imide groups is 1. The fourth-order valence-electron chi connectivity index (χ4n) is 3.09. The van der Waals surface area contributed by atoms with Crippen molar-refractivity contribution < 1.29 is 23.5 Å². The number of nitrogens with zero attached hydrogens (tertiary/aromatic N) is 1. The van der Waals surface area contributed by atoms with Gasteiger partial charge in [-0.2, -0.15) is 0 Å². The van der Waals surface area contributed by atoms with Crippen LogP contribution in [0.25, 0.3) is 6.08 Å². The van der Waals surface area contributed by atoms with E-state index in [1.165, 1.54) is 12.1 Å². The van der Waals surface area contributed by atoms with Gasteiger partial charge >= 0.3 is 0 Å². The van der Waals surface area contributed by atoms with Gasteiger partial charge in [-0.15, -0.1) is 0 Å². The summed E-state index contributed by atoms with van der Waals surface area (Å²) >= 11 is 6.73. The van der Waals surface area contributed by atoms with E-state index in [2.05, 4.69) is 0 Å². The standard InChI is InChI=1S/C25H19ClFNO4S/c26-19-7-11-21(12-8-19)31-14-13-28-24(29)23(33-25(28)30)15-18-3-1-2-4-22(18)32-16-17-5-9-20(27)10-6-17/h1-12,15H,13-14,16H2/b23-15-. The first-order valence-corrected chi connectivity index (χ1v) is 11.3. The Morgan fingerprint density at radius 1 is 0.939 bits per heavy atom. The summed E-state index contributed by atoms with van der Waals surface area (Å²) in [6.45, 7) is 0.548. The quantitative estimate of drug-likeness (QED) is 0.358. The lowest BCUT2D eigenvalue weighted by Crippen LogP contribution is -2.32. The highest BCUT2D eigenvalue weighted by Crippen LogP contribution is 2.34. The molecule has 4 rings (SSSR count). The number of para-hydroxylation sites is 1. The Hall–Kier alpha value is -3.29. The van der Waals surface area contributed by atoms with Crippen LogP contribution in [0, 0.1) is 5.82 Å². The maximum Gasteiger partial charge on any atom is 0.293 e. The lowest BCUT2D eigenvalue weighted by Gasteiger charge is -2.13. The van der Waals surface area contributed by atoms with E-state index in [0.717, 1.165) is 22.2 Å². The highest BCUT2D eigenvalue weighted by atomic mass is 35.5. The van der Waals surface area contributed by atoms with E-state index in [9.17, 15) is 14.0 Å². The molecule has 0 aliphatic carbocycles. The van der Waals surface area contributed by atoms with Gasteiger partial charge in [0.25, 0.3) is 11.1 Å². The lowest BCUT2D eigenvalue weighted by molar-refractivity contribution is -0.123. The molecular formula is C25H19ClFNO4S. The molecule has 0 radical (unpaired) electrons. The zero-order valence-electron chi connectivity index (χ0n) is 17.4. The molecule has 1 saturated heterocycles. The fraction of sp³-hybridized carbons (Fsp3) is 0.120. The molecule has 3 aromatic rings. The number of hydrogen-bond donors (Lipinski definition) is 0. The van der Waals surface area contributed by atoms with Crippen molar-refractivity contribution in [3.8, 4) is 11.5 Å². The number of carbonyl (C=O) groups excluding carboxylic acids is 2. The Labute approximate surface area is 199 Å². The number of carbonyl (C=O) groups is 2. The van der Waals surface area contributed by atoms with Gasteiger partial charge in [0, 0.05) is 10.6 Å². The summed E-state index contributed by atoms with van der Waals surface area (Å²) in [5, 5.41) is 0.246. The minimum Gasteiger partial charge on any atom is -0.492 e. The van der Waals surface area contributed by atoms with Gasteiger partial charge in [-0.1, -0.05) is 41.9 Å². The number of rotatable bonds is 8. The van der Waals surface area contributed by atoms with Crippen LogP contribution in [-0.2, 0) is 11.4 Å². The highest BCUT2D eigenvalue weighted by molar-refractivity contribution is 8.18. The van der Waals surface area contributed by atoms with Gasteiger partial charge in [0.2, 0.25) is 0 Å². The van der Waals surface area contributed by atoms with Crippen molar-refractivity contribution >= 4 is 40.6 Å². The van der Waals surface area contributed by atoms with Crippen LogP contribution in [0.4, 0.5) is 9.18 Å². The first kappa shape index (κ1) is 22.9. The molecule has 0 aromatic heterocycles. The van der Waals surface area contributed by atoms with Crippen molar-refractivity contribution in [2.45, 2.75) is 6.61 Å². The molecule has 1 aliphatic rings. The predicted molar refractivity (Wildman–Crippen MR) is 127 cm³/mol. The number of hydrogen-bond acceptors (Lipinski definition) is 5. The first-order valence-electron chi connectivity index (χ1n) is 10.1. The molecule has 0 atom stereocenters. The third kappa shape index (κ3) is 5.94.